The Balaban J connectivity index is 1.04. The van der Waals surface area contributed by atoms with E-state index < -0.39 is 0 Å². The Bertz CT molecular complexity index is 3600. The first-order chi connectivity index (χ1) is 29.7. The van der Waals surface area contributed by atoms with Gasteiger partial charge in [0.15, 0.2) is 0 Å². The first kappa shape index (κ1) is 34.1. The van der Waals surface area contributed by atoms with Gasteiger partial charge in [0, 0.05) is 33.5 Å². The van der Waals surface area contributed by atoms with E-state index in [-0.39, 0.29) is 0 Å². The highest BCUT2D eigenvalue weighted by Crippen LogP contribution is 2.44. The van der Waals surface area contributed by atoms with E-state index in [0.717, 1.165) is 22.7 Å². The molecule has 280 valence electrons. The molecule has 0 fully saturated rings. The number of benzene rings is 11. The van der Waals surface area contributed by atoms with Crippen LogP contribution in [0.5, 0.6) is 0 Å². The van der Waals surface area contributed by atoms with Crippen LogP contribution in [0.2, 0.25) is 0 Å². The summed E-state index contributed by atoms with van der Waals surface area (Å²) in [5, 5.41) is 12.5. The summed E-state index contributed by atoms with van der Waals surface area (Å²) >= 11 is 0. The van der Waals surface area contributed by atoms with Gasteiger partial charge in [-0.1, -0.05) is 158 Å². The largest absolute Gasteiger partial charge is 0.310 e. The van der Waals surface area contributed by atoms with Crippen molar-refractivity contribution in [3.05, 3.63) is 231 Å². The molecule has 0 aliphatic heterocycles. The third kappa shape index (κ3) is 5.57. The Labute approximate surface area is 348 Å². The molecule has 0 saturated carbocycles. The average Bonchev–Trinajstić information content (AvgIpc) is 3.64. The van der Waals surface area contributed by atoms with Crippen LogP contribution < -0.4 is 4.90 Å². The molecule has 0 bridgehead atoms. The van der Waals surface area contributed by atoms with Crippen molar-refractivity contribution in [3.8, 4) is 27.9 Å². The standard InChI is InChI=1S/C58H38N2/c1-2-20-46(21-3-1)60-56-27-13-26-51(58(56)55-36-42-16-6-7-17-43(42)38-57(55)60)44-19-12-22-48(35-44)59(49-33-28-39-14-4-5-15-41(39)34-49)47-31-29-40(30-32-47)54-37-45-18-8-9-23-50(45)52-24-10-11-25-53(52)54/h1-38H. The second-order valence-corrected chi connectivity index (χ2v) is 15.7. The number of aromatic nitrogens is 1. The van der Waals surface area contributed by atoms with Crippen LogP contribution in [0.3, 0.4) is 0 Å². The van der Waals surface area contributed by atoms with Gasteiger partial charge in [-0.25, -0.2) is 0 Å². The maximum atomic E-state index is 2.42. The van der Waals surface area contributed by atoms with Crippen LogP contribution in [0.15, 0.2) is 231 Å². The highest BCUT2D eigenvalue weighted by atomic mass is 15.1. The SMILES string of the molecule is c1ccc(-n2c3cc4ccccc4cc3c3c(-c4cccc(N(c5ccc(-c6cc7ccccc7c7ccccc67)cc5)c5ccc6ccccc6c5)c4)cccc32)cc1. The van der Waals surface area contributed by atoms with E-state index in [9.17, 15) is 0 Å². The number of rotatable bonds is 6. The van der Waals surface area contributed by atoms with E-state index >= 15 is 0 Å². The van der Waals surface area contributed by atoms with E-state index in [1.54, 1.807) is 0 Å². The van der Waals surface area contributed by atoms with Crippen LogP contribution in [0.1, 0.15) is 0 Å². The summed E-state index contributed by atoms with van der Waals surface area (Å²) in [5.41, 5.74) is 11.7. The van der Waals surface area contributed by atoms with E-state index in [4.69, 9.17) is 0 Å². The van der Waals surface area contributed by atoms with E-state index in [1.165, 1.54) is 87.1 Å². The van der Waals surface area contributed by atoms with Gasteiger partial charge in [0.2, 0.25) is 0 Å². The summed E-state index contributed by atoms with van der Waals surface area (Å²) in [6.07, 6.45) is 0. The second-order valence-electron chi connectivity index (χ2n) is 15.7. The molecule has 0 spiro atoms. The molecule has 0 saturated heterocycles. The monoisotopic (exact) mass is 762 g/mol. The lowest BCUT2D eigenvalue weighted by atomic mass is 9.93. The van der Waals surface area contributed by atoms with Crippen LogP contribution >= 0.6 is 0 Å². The van der Waals surface area contributed by atoms with Crippen molar-refractivity contribution in [1.82, 2.24) is 4.57 Å². The summed E-state index contributed by atoms with van der Waals surface area (Å²) in [6, 6.07) is 84.4. The maximum Gasteiger partial charge on any atom is 0.0547 e. The lowest BCUT2D eigenvalue weighted by Gasteiger charge is -2.27. The van der Waals surface area contributed by atoms with Crippen molar-refractivity contribution < 1.29 is 0 Å². The summed E-state index contributed by atoms with van der Waals surface area (Å²) in [4.78, 5) is 2.40. The Kier molecular flexibility index (Phi) is 7.89. The Hall–Kier alpha value is -7.94. The molecule has 0 atom stereocenters. The maximum absolute atomic E-state index is 2.42. The van der Waals surface area contributed by atoms with Crippen LogP contribution in [0.25, 0.3) is 92.8 Å². The van der Waals surface area contributed by atoms with E-state index in [2.05, 4.69) is 240 Å². The number of hydrogen-bond donors (Lipinski definition) is 0. The summed E-state index contributed by atoms with van der Waals surface area (Å²) < 4.78 is 2.42. The minimum Gasteiger partial charge on any atom is -0.310 e. The first-order valence-corrected chi connectivity index (χ1v) is 20.7. The summed E-state index contributed by atoms with van der Waals surface area (Å²) in [6.45, 7) is 0. The normalized spacial score (nSPS) is 11.7. The summed E-state index contributed by atoms with van der Waals surface area (Å²) in [5.74, 6) is 0. The van der Waals surface area contributed by atoms with Gasteiger partial charge in [-0.3, -0.25) is 0 Å². The molecule has 0 aliphatic carbocycles. The molecule has 11 aromatic carbocycles. The molecule has 1 heterocycles. The zero-order valence-corrected chi connectivity index (χ0v) is 32.8. The third-order valence-electron chi connectivity index (χ3n) is 12.3. The highest BCUT2D eigenvalue weighted by molar-refractivity contribution is 6.19. The molecule has 0 aliphatic rings. The van der Waals surface area contributed by atoms with Crippen molar-refractivity contribution in [2.75, 3.05) is 4.90 Å². The number of hydrogen-bond acceptors (Lipinski definition) is 1. The zero-order valence-electron chi connectivity index (χ0n) is 32.8. The molecular formula is C58H38N2. The molecule has 2 nitrogen and oxygen atoms in total. The van der Waals surface area contributed by atoms with Crippen LogP contribution in [-0.4, -0.2) is 4.57 Å². The fourth-order valence-electron chi connectivity index (χ4n) is 9.51. The predicted molar refractivity (Wildman–Crippen MR) is 256 cm³/mol. The first-order valence-electron chi connectivity index (χ1n) is 20.7. The zero-order chi connectivity index (χ0) is 39.6. The molecule has 60 heavy (non-hydrogen) atoms. The van der Waals surface area contributed by atoms with Gasteiger partial charge in [-0.05, 0) is 138 Å². The summed E-state index contributed by atoms with van der Waals surface area (Å²) in [7, 11) is 0. The van der Waals surface area contributed by atoms with Gasteiger partial charge in [0.1, 0.15) is 0 Å². The van der Waals surface area contributed by atoms with Gasteiger partial charge < -0.3 is 9.47 Å². The van der Waals surface area contributed by atoms with Gasteiger partial charge in [-0.15, -0.1) is 0 Å². The van der Waals surface area contributed by atoms with Gasteiger partial charge >= 0.3 is 0 Å². The molecule has 12 aromatic rings. The Morgan fingerprint density at radius 3 is 1.70 bits per heavy atom. The van der Waals surface area contributed by atoms with Gasteiger partial charge in [0.05, 0.1) is 11.0 Å². The van der Waals surface area contributed by atoms with Crippen LogP contribution in [-0.2, 0) is 0 Å². The molecule has 1 aromatic heterocycles. The fourth-order valence-corrected chi connectivity index (χ4v) is 9.51. The highest BCUT2D eigenvalue weighted by Gasteiger charge is 2.20. The third-order valence-corrected chi connectivity index (χ3v) is 12.3. The molecule has 0 unspecified atom stereocenters. The predicted octanol–water partition coefficient (Wildman–Crippen LogP) is 16.2. The quantitative estimate of drug-likeness (QED) is 0.153. The van der Waals surface area contributed by atoms with Crippen LogP contribution in [0, 0.1) is 0 Å². The van der Waals surface area contributed by atoms with Crippen molar-refractivity contribution in [2.24, 2.45) is 0 Å². The molecular weight excluding hydrogens is 725 g/mol. The molecule has 2 heteroatoms. The molecule has 12 rings (SSSR count). The van der Waals surface area contributed by atoms with Gasteiger partial charge in [-0.2, -0.15) is 0 Å². The Morgan fingerprint density at radius 2 is 0.900 bits per heavy atom. The van der Waals surface area contributed by atoms with E-state index in [0.29, 0.717) is 0 Å². The smallest absolute Gasteiger partial charge is 0.0547 e. The Morgan fingerprint density at radius 1 is 0.283 bits per heavy atom. The molecule has 0 N–H and O–H groups in total. The second kappa shape index (κ2) is 13.9. The van der Waals surface area contributed by atoms with Crippen molar-refractivity contribution in [2.45, 2.75) is 0 Å². The van der Waals surface area contributed by atoms with Gasteiger partial charge in [0.25, 0.3) is 0 Å². The lowest BCUT2D eigenvalue weighted by molar-refractivity contribution is 1.18. The number of para-hydroxylation sites is 1. The fraction of sp³-hybridized carbons (Fsp3) is 0. The minimum atomic E-state index is 1.10. The average molecular weight is 763 g/mol. The molecule has 0 radical (unpaired) electrons. The number of fused-ring (bicyclic) bond motifs is 8. The topological polar surface area (TPSA) is 8.17 Å². The van der Waals surface area contributed by atoms with Crippen molar-refractivity contribution in [1.29, 1.82) is 0 Å². The van der Waals surface area contributed by atoms with Crippen LogP contribution in [0.4, 0.5) is 17.1 Å². The molecule has 0 amide bonds. The number of anilines is 3. The van der Waals surface area contributed by atoms with E-state index in [1.807, 2.05) is 0 Å². The van der Waals surface area contributed by atoms with Crippen molar-refractivity contribution >= 4 is 82.0 Å². The van der Waals surface area contributed by atoms with Crippen molar-refractivity contribution in [3.63, 3.8) is 0 Å². The number of nitrogens with zero attached hydrogens (tertiary/aromatic N) is 2. The minimum absolute atomic E-state index is 1.10. The lowest BCUT2D eigenvalue weighted by Crippen LogP contribution is -2.10.